The second kappa shape index (κ2) is 5.21. The van der Waals surface area contributed by atoms with Gasteiger partial charge in [-0.1, -0.05) is 25.5 Å². The third kappa shape index (κ3) is 2.06. The Morgan fingerprint density at radius 2 is 1.90 bits per heavy atom. The summed E-state index contributed by atoms with van der Waals surface area (Å²) in [6.45, 7) is 8.19. The molecule has 1 amide bonds. The van der Waals surface area contributed by atoms with E-state index in [0.29, 0.717) is 0 Å². The molecular weight excluding hydrogens is 260 g/mol. The van der Waals surface area contributed by atoms with Crippen LogP contribution in [0.4, 0.5) is 0 Å². The lowest BCUT2D eigenvalue weighted by molar-refractivity contribution is 0.0728. The number of benzene rings is 1. The molecule has 0 fully saturated rings. The number of carbonyl (C=O) groups excluding carboxylic acids is 1. The van der Waals surface area contributed by atoms with Crippen LogP contribution in [0.15, 0.2) is 12.1 Å². The third-order valence-corrected chi connectivity index (χ3v) is 4.75. The molecule has 0 saturated heterocycles. The van der Waals surface area contributed by atoms with E-state index in [1.807, 2.05) is 11.9 Å². The van der Waals surface area contributed by atoms with Crippen molar-refractivity contribution in [2.75, 3.05) is 13.1 Å². The van der Waals surface area contributed by atoms with E-state index < -0.39 is 0 Å². The topological polar surface area (TPSA) is 25.2 Å². The van der Waals surface area contributed by atoms with Crippen molar-refractivity contribution >= 4 is 16.8 Å². The molecule has 0 radical (unpaired) electrons. The summed E-state index contributed by atoms with van der Waals surface area (Å²) in [5.41, 5.74) is 5.92. The predicted octanol–water partition coefficient (Wildman–Crippen LogP) is 3.59. The van der Waals surface area contributed by atoms with Crippen molar-refractivity contribution < 1.29 is 4.79 Å². The first-order chi connectivity index (χ1) is 10.1. The molecule has 3 rings (SSSR count). The number of unbranched alkanes of at least 4 members (excludes halogenated alkanes) is 1. The van der Waals surface area contributed by atoms with Crippen LogP contribution in [-0.2, 0) is 13.5 Å². The van der Waals surface area contributed by atoms with Crippen molar-refractivity contribution in [2.45, 2.75) is 40.0 Å². The Morgan fingerprint density at radius 3 is 2.62 bits per heavy atom. The molecule has 1 aliphatic heterocycles. The Kier molecular flexibility index (Phi) is 3.52. The largest absolute Gasteiger partial charge is 0.339 e. The zero-order valence-electron chi connectivity index (χ0n) is 13.5. The Bertz CT molecular complexity index is 712. The molecule has 0 spiro atoms. The standard InChI is InChI=1S/C18H24N2O/c1-5-6-10-20-11-9-14-15-12(2)7-8-13(3)16(15)19(4)17(14)18(20)21/h7-8H,5-6,9-11H2,1-4H3. The van der Waals surface area contributed by atoms with Gasteiger partial charge in [0.05, 0.1) is 5.52 Å². The van der Waals surface area contributed by atoms with Gasteiger partial charge in [-0.25, -0.2) is 0 Å². The third-order valence-electron chi connectivity index (χ3n) is 4.75. The lowest BCUT2D eigenvalue weighted by Crippen LogP contribution is -2.39. The van der Waals surface area contributed by atoms with Crippen molar-refractivity contribution in [3.05, 3.63) is 34.5 Å². The molecular formula is C18H24N2O. The SMILES string of the molecule is CCCCN1CCc2c(n(C)c3c(C)ccc(C)c23)C1=O. The van der Waals surface area contributed by atoms with Gasteiger partial charge in [-0.05, 0) is 43.4 Å². The molecule has 2 aromatic rings. The van der Waals surface area contributed by atoms with Gasteiger partial charge in [0, 0.05) is 25.5 Å². The minimum atomic E-state index is 0.210. The number of carbonyl (C=O) groups is 1. The van der Waals surface area contributed by atoms with Crippen molar-refractivity contribution in [1.82, 2.24) is 9.47 Å². The normalized spacial score (nSPS) is 14.9. The lowest BCUT2D eigenvalue weighted by Gasteiger charge is -2.27. The molecule has 1 aromatic heterocycles. The van der Waals surface area contributed by atoms with Gasteiger partial charge in [-0.15, -0.1) is 0 Å². The molecule has 2 heterocycles. The van der Waals surface area contributed by atoms with Crippen LogP contribution in [0.1, 0.15) is 46.9 Å². The molecule has 1 aromatic carbocycles. The molecule has 3 nitrogen and oxygen atoms in total. The monoisotopic (exact) mass is 284 g/mol. The Morgan fingerprint density at radius 1 is 1.19 bits per heavy atom. The Hall–Kier alpha value is -1.77. The second-order valence-electron chi connectivity index (χ2n) is 6.20. The molecule has 0 saturated carbocycles. The van der Waals surface area contributed by atoms with Crippen LogP contribution in [0.2, 0.25) is 0 Å². The van der Waals surface area contributed by atoms with E-state index in [1.165, 1.54) is 27.6 Å². The summed E-state index contributed by atoms with van der Waals surface area (Å²) in [6, 6.07) is 4.33. The number of hydrogen-bond donors (Lipinski definition) is 0. The lowest BCUT2D eigenvalue weighted by atomic mass is 9.98. The molecule has 1 aliphatic rings. The summed E-state index contributed by atoms with van der Waals surface area (Å²) < 4.78 is 2.12. The number of amides is 1. The Labute approximate surface area is 126 Å². The van der Waals surface area contributed by atoms with Crippen LogP contribution in [0.25, 0.3) is 10.9 Å². The van der Waals surface area contributed by atoms with Crippen molar-refractivity contribution in [1.29, 1.82) is 0 Å². The number of nitrogens with zero attached hydrogens (tertiary/aromatic N) is 2. The predicted molar refractivity (Wildman–Crippen MR) is 86.9 cm³/mol. The van der Waals surface area contributed by atoms with Gasteiger partial charge in [0.15, 0.2) is 0 Å². The van der Waals surface area contributed by atoms with Gasteiger partial charge >= 0.3 is 0 Å². The first kappa shape index (κ1) is 14.2. The molecule has 0 N–H and O–H groups in total. The highest BCUT2D eigenvalue weighted by molar-refractivity contribution is 6.04. The van der Waals surface area contributed by atoms with Crippen molar-refractivity contribution in [2.24, 2.45) is 7.05 Å². The zero-order chi connectivity index (χ0) is 15.1. The summed E-state index contributed by atoms with van der Waals surface area (Å²) in [4.78, 5) is 14.9. The van der Waals surface area contributed by atoms with Gasteiger partial charge in [0.1, 0.15) is 5.69 Å². The molecule has 0 atom stereocenters. The van der Waals surface area contributed by atoms with Crippen LogP contribution in [-0.4, -0.2) is 28.5 Å². The molecule has 0 bridgehead atoms. The first-order valence-corrected chi connectivity index (χ1v) is 7.93. The van der Waals surface area contributed by atoms with Gasteiger partial charge in [-0.2, -0.15) is 0 Å². The van der Waals surface area contributed by atoms with Crippen LogP contribution >= 0.6 is 0 Å². The summed E-state index contributed by atoms with van der Waals surface area (Å²) in [5, 5.41) is 1.30. The van der Waals surface area contributed by atoms with E-state index in [1.54, 1.807) is 0 Å². The number of aromatic nitrogens is 1. The molecule has 112 valence electrons. The maximum absolute atomic E-state index is 12.8. The van der Waals surface area contributed by atoms with Crippen LogP contribution in [0, 0.1) is 13.8 Å². The molecule has 3 heteroatoms. The fourth-order valence-electron chi connectivity index (χ4n) is 3.62. The van der Waals surface area contributed by atoms with E-state index >= 15 is 0 Å². The van der Waals surface area contributed by atoms with Gasteiger partial charge in [-0.3, -0.25) is 4.79 Å². The Balaban J connectivity index is 2.17. The summed E-state index contributed by atoms with van der Waals surface area (Å²) in [7, 11) is 2.04. The zero-order valence-corrected chi connectivity index (χ0v) is 13.5. The number of aryl methyl sites for hydroxylation is 3. The smallest absolute Gasteiger partial charge is 0.270 e. The highest BCUT2D eigenvalue weighted by Gasteiger charge is 2.30. The van der Waals surface area contributed by atoms with E-state index in [2.05, 4.69) is 37.5 Å². The van der Waals surface area contributed by atoms with Gasteiger partial charge < -0.3 is 9.47 Å². The first-order valence-electron chi connectivity index (χ1n) is 7.93. The second-order valence-corrected chi connectivity index (χ2v) is 6.20. The number of hydrogen-bond acceptors (Lipinski definition) is 1. The average Bonchev–Trinajstić information content (AvgIpc) is 2.77. The fraction of sp³-hybridized carbons (Fsp3) is 0.500. The van der Waals surface area contributed by atoms with Crippen LogP contribution in [0.3, 0.4) is 0 Å². The maximum atomic E-state index is 12.8. The molecule has 0 aliphatic carbocycles. The average molecular weight is 284 g/mol. The number of fused-ring (bicyclic) bond motifs is 3. The summed E-state index contributed by atoms with van der Waals surface area (Å²) in [6.07, 6.45) is 3.19. The minimum absolute atomic E-state index is 0.210. The van der Waals surface area contributed by atoms with Crippen molar-refractivity contribution in [3.8, 4) is 0 Å². The maximum Gasteiger partial charge on any atom is 0.270 e. The van der Waals surface area contributed by atoms with Gasteiger partial charge in [0.2, 0.25) is 0 Å². The van der Waals surface area contributed by atoms with Gasteiger partial charge in [0.25, 0.3) is 5.91 Å². The van der Waals surface area contributed by atoms with E-state index in [0.717, 1.165) is 38.0 Å². The fourth-order valence-corrected chi connectivity index (χ4v) is 3.62. The van der Waals surface area contributed by atoms with E-state index in [-0.39, 0.29) is 5.91 Å². The molecule has 21 heavy (non-hydrogen) atoms. The van der Waals surface area contributed by atoms with Crippen LogP contribution in [0.5, 0.6) is 0 Å². The summed E-state index contributed by atoms with van der Waals surface area (Å²) >= 11 is 0. The molecule has 0 unspecified atom stereocenters. The van der Waals surface area contributed by atoms with E-state index in [9.17, 15) is 4.79 Å². The summed E-state index contributed by atoms with van der Waals surface area (Å²) in [5.74, 6) is 0.210. The minimum Gasteiger partial charge on any atom is -0.339 e. The highest BCUT2D eigenvalue weighted by Crippen LogP contribution is 2.34. The number of rotatable bonds is 3. The quantitative estimate of drug-likeness (QED) is 0.845. The van der Waals surface area contributed by atoms with E-state index in [4.69, 9.17) is 0 Å². The van der Waals surface area contributed by atoms with Crippen molar-refractivity contribution in [3.63, 3.8) is 0 Å². The highest BCUT2D eigenvalue weighted by atomic mass is 16.2. The van der Waals surface area contributed by atoms with Crippen LogP contribution < -0.4 is 0 Å².